The second-order valence-corrected chi connectivity index (χ2v) is 6.30. The predicted molar refractivity (Wildman–Crippen MR) is 101 cm³/mol. The number of nitrogens with zero attached hydrogens (tertiary/aromatic N) is 3. The van der Waals surface area contributed by atoms with Gasteiger partial charge in [0.25, 0.3) is 11.6 Å². The highest BCUT2D eigenvalue weighted by Gasteiger charge is 2.16. The molecule has 3 rings (SSSR count). The molecular formula is C19H19FN4O3. The van der Waals surface area contributed by atoms with E-state index in [4.69, 9.17) is 0 Å². The van der Waals surface area contributed by atoms with Crippen molar-refractivity contribution in [1.29, 1.82) is 0 Å². The first-order valence-corrected chi connectivity index (χ1v) is 8.59. The fraction of sp³-hybridized carbons (Fsp3) is 0.263. The molecule has 0 aromatic heterocycles. The average molecular weight is 370 g/mol. The number of halogens is 1. The van der Waals surface area contributed by atoms with Gasteiger partial charge >= 0.3 is 0 Å². The summed E-state index contributed by atoms with van der Waals surface area (Å²) in [6.45, 7) is 3.38. The first-order chi connectivity index (χ1) is 13.0. The van der Waals surface area contributed by atoms with Crippen LogP contribution in [0.25, 0.3) is 0 Å². The number of rotatable bonds is 5. The molecule has 27 heavy (non-hydrogen) atoms. The van der Waals surface area contributed by atoms with Crippen LogP contribution in [-0.2, 0) is 0 Å². The molecule has 0 unspecified atom stereocenters. The Bertz CT molecular complexity index is 890. The van der Waals surface area contributed by atoms with Gasteiger partial charge in [-0.3, -0.25) is 14.9 Å². The fourth-order valence-corrected chi connectivity index (χ4v) is 2.94. The van der Waals surface area contributed by atoms with E-state index >= 15 is 0 Å². The lowest BCUT2D eigenvalue weighted by Gasteiger charge is -2.18. The largest absolute Gasteiger partial charge is 0.369 e. The lowest BCUT2D eigenvalue weighted by Crippen LogP contribution is -2.20. The summed E-state index contributed by atoms with van der Waals surface area (Å²) < 4.78 is 14.4. The van der Waals surface area contributed by atoms with Gasteiger partial charge < -0.3 is 4.90 Å². The Morgan fingerprint density at radius 3 is 2.37 bits per heavy atom. The van der Waals surface area contributed by atoms with Crippen LogP contribution in [0.2, 0.25) is 0 Å². The molecule has 1 N–H and O–H groups in total. The van der Waals surface area contributed by atoms with Crippen LogP contribution in [0.1, 0.15) is 35.7 Å². The van der Waals surface area contributed by atoms with Gasteiger partial charge in [-0.1, -0.05) is 6.07 Å². The molecule has 140 valence electrons. The molecule has 7 nitrogen and oxygen atoms in total. The number of carbonyl (C=O) groups is 1. The van der Waals surface area contributed by atoms with E-state index in [1.165, 1.54) is 30.3 Å². The fourth-order valence-electron chi connectivity index (χ4n) is 2.94. The first-order valence-electron chi connectivity index (χ1n) is 8.59. The SMILES string of the molecule is C/C(=N/NC(=O)c1ccc([N+](=O)[O-])cc1)c1ccc(N2CCCC2)c(F)c1. The second-order valence-electron chi connectivity index (χ2n) is 6.30. The molecule has 0 aliphatic carbocycles. The van der Waals surface area contributed by atoms with Crippen LogP contribution < -0.4 is 10.3 Å². The number of hydrogen-bond donors (Lipinski definition) is 1. The van der Waals surface area contributed by atoms with Crippen molar-refractivity contribution in [3.63, 3.8) is 0 Å². The number of benzene rings is 2. The molecular weight excluding hydrogens is 351 g/mol. The number of nitro groups is 1. The Morgan fingerprint density at radius 1 is 1.15 bits per heavy atom. The minimum atomic E-state index is -0.537. The molecule has 1 aliphatic heterocycles. The molecule has 2 aromatic rings. The van der Waals surface area contributed by atoms with Crippen molar-refractivity contribution in [2.45, 2.75) is 19.8 Å². The zero-order valence-electron chi connectivity index (χ0n) is 14.8. The average Bonchev–Trinajstić information content (AvgIpc) is 3.20. The number of nitro benzene ring substituents is 1. The van der Waals surface area contributed by atoms with Crippen LogP contribution in [-0.4, -0.2) is 29.6 Å². The van der Waals surface area contributed by atoms with Crippen molar-refractivity contribution in [3.8, 4) is 0 Å². The van der Waals surface area contributed by atoms with Gasteiger partial charge in [0.1, 0.15) is 5.82 Å². The van der Waals surface area contributed by atoms with E-state index < -0.39 is 10.8 Å². The highest BCUT2D eigenvalue weighted by atomic mass is 19.1. The third-order valence-corrected chi connectivity index (χ3v) is 4.48. The number of hydrazone groups is 1. The molecule has 0 spiro atoms. The van der Waals surface area contributed by atoms with E-state index in [2.05, 4.69) is 10.5 Å². The molecule has 0 bridgehead atoms. The van der Waals surface area contributed by atoms with Gasteiger partial charge in [0.15, 0.2) is 0 Å². The van der Waals surface area contributed by atoms with Crippen LogP contribution in [0, 0.1) is 15.9 Å². The van der Waals surface area contributed by atoms with E-state index in [-0.39, 0.29) is 17.1 Å². The van der Waals surface area contributed by atoms with Gasteiger partial charge in [0.05, 0.1) is 16.3 Å². The van der Waals surface area contributed by atoms with Gasteiger partial charge in [0, 0.05) is 36.3 Å². The molecule has 1 amide bonds. The summed E-state index contributed by atoms with van der Waals surface area (Å²) in [7, 11) is 0. The maximum atomic E-state index is 14.4. The zero-order chi connectivity index (χ0) is 19.4. The molecule has 8 heteroatoms. The molecule has 1 saturated heterocycles. The molecule has 2 aromatic carbocycles. The van der Waals surface area contributed by atoms with Crippen LogP contribution in [0.15, 0.2) is 47.6 Å². The summed E-state index contributed by atoms with van der Waals surface area (Å²) in [4.78, 5) is 24.2. The Hall–Kier alpha value is -3.29. The molecule has 1 heterocycles. The van der Waals surface area contributed by atoms with Crippen LogP contribution in [0.4, 0.5) is 15.8 Å². The first kappa shape index (κ1) is 18.5. The topological polar surface area (TPSA) is 87.8 Å². The van der Waals surface area contributed by atoms with Crippen LogP contribution in [0.5, 0.6) is 0 Å². The van der Waals surface area contributed by atoms with Crippen LogP contribution >= 0.6 is 0 Å². The predicted octanol–water partition coefficient (Wildman–Crippen LogP) is 3.49. The maximum absolute atomic E-state index is 14.4. The number of non-ortho nitro benzene ring substituents is 1. The summed E-state index contributed by atoms with van der Waals surface area (Å²) in [6.07, 6.45) is 2.13. The number of nitrogens with one attached hydrogen (secondary N) is 1. The van der Waals surface area contributed by atoms with Crippen molar-refractivity contribution in [1.82, 2.24) is 5.43 Å². The molecule has 0 saturated carbocycles. The van der Waals surface area contributed by atoms with Gasteiger partial charge in [0.2, 0.25) is 0 Å². The maximum Gasteiger partial charge on any atom is 0.271 e. The van der Waals surface area contributed by atoms with E-state index in [9.17, 15) is 19.3 Å². The normalized spacial score (nSPS) is 14.3. The van der Waals surface area contributed by atoms with Gasteiger partial charge in [-0.15, -0.1) is 0 Å². The summed E-state index contributed by atoms with van der Waals surface area (Å²) >= 11 is 0. The quantitative estimate of drug-likeness (QED) is 0.496. The molecule has 1 fully saturated rings. The highest BCUT2D eigenvalue weighted by molar-refractivity contribution is 6.01. The van der Waals surface area contributed by atoms with Crippen LogP contribution in [0.3, 0.4) is 0 Å². The Kier molecular flexibility index (Phi) is 5.44. The van der Waals surface area contributed by atoms with Gasteiger partial charge in [-0.05, 0) is 44.0 Å². The lowest BCUT2D eigenvalue weighted by atomic mass is 10.1. The summed E-state index contributed by atoms with van der Waals surface area (Å²) in [6, 6.07) is 10.1. The molecule has 0 atom stereocenters. The van der Waals surface area contributed by atoms with Gasteiger partial charge in [-0.2, -0.15) is 5.10 Å². The minimum absolute atomic E-state index is 0.0974. The number of amides is 1. The third-order valence-electron chi connectivity index (χ3n) is 4.48. The molecule has 1 aliphatic rings. The van der Waals surface area contributed by atoms with E-state index in [1.807, 2.05) is 4.90 Å². The van der Waals surface area contributed by atoms with Crippen molar-refractivity contribution in [3.05, 3.63) is 69.5 Å². The highest BCUT2D eigenvalue weighted by Crippen LogP contribution is 2.24. The second kappa shape index (κ2) is 7.94. The van der Waals surface area contributed by atoms with Crippen molar-refractivity contribution in [2.24, 2.45) is 5.10 Å². The van der Waals surface area contributed by atoms with Crippen molar-refractivity contribution < 1.29 is 14.1 Å². The third kappa shape index (κ3) is 4.28. The summed E-state index contributed by atoms with van der Waals surface area (Å²) in [5.41, 5.74) is 4.13. The van der Waals surface area contributed by atoms with Gasteiger partial charge in [-0.25, -0.2) is 9.82 Å². The minimum Gasteiger partial charge on any atom is -0.369 e. The Morgan fingerprint density at radius 2 is 1.78 bits per heavy atom. The Labute approximate surface area is 155 Å². The van der Waals surface area contributed by atoms with E-state index in [0.717, 1.165) is 25.9 Å². The summed E-state index contributed by atoms with van der Waals surface area (Å²) in [5, 5.41) is 14.6. The zero-order valence-corrected chi connectivity index (χ0v) is 14.8. The standard InChI is InChI=1S/C19H19FN4O3/c1-13(15-6-9-18(17(20)12-15)23-10-2-3-11-23)21-22-19(25)14-4-7-16(8-5-14)24(26)27/h4-9,12H,2-3,10-11H2,1H3,(H,22,25)/b21-13-. The Balaban J connectivity index is 1.68. The number of carbonyl (C=O) groups excluding carboxylic acids is 1. The smallest absolute Gasteiger partial charge is 0.271 e. The van der Waals surface area contributed by atoms with E-state index in [0.29, 0.717) is 17.0 Å². The van der Waals surface area contributed by atoms with E-state index in [1.54, 1.807) is 19.1 Å². The monoisotopic (exact) mass is 370 g/mol. The number of hydrogen-bond acceptors (Lipinski definition) is 5. The lowest BCUT2D eigenvalue weighted by molar-refractivity contribution is -0.384. The summed E-state index contributed by atoms with van der Waals surface area (Å²) in [5.74, 6) is -0.816. The van der Waals surface area contributed by atoms with Crippen molar-refractivity contribution in [2.75, 3.05) is 18.0 Å². The molecule has 0 radical (unpaired) electrons. The van der Waals surface area contributed by atoms with Crippen molar-refractivity contribution >= 4 is 23.0 Å². The number of anilines is 1.